The molecule has 5 nitrogen and oxygen atoms in total. The molecular formula is C13H16F3N3O2. The van der Waals surface area contributed by atoms with Crippen LogP contribution in [0.5, 0.6) is 0 Å². The number of hydrogen-bond acceptors (Lipinski definition) is 4. The van der Waals surface area contributed by atoms with Crippen molar-refractivity contribution >= 4 is 11.6 Å². The maximum absolute atomic E-state index is 12.8. The van der Waals surface area contributed by atoms with E-state index in [-0.39, 0.29) is 11.3 Å². The smallest absolute Gasteiger partial charge is 0.393 e. The number of hydrazine groups is 1. The lowest BCUT2D eigenvalue weighted by atomic mass is 10.0. The Morgan fingerprint density at radius 1 is 1.33 bits per heavy atom. The molecule has 21 heavy (non-hydrogen) atoms. The highest BCUT2D eigenvalue weighted by Crippen LogP contribution is 2.32. The first-order chi connectivity index (χ1) is 9.82. The summed E-state index contributed by atoms with van der Waals surface area (Å²) in [5.74, 6) is 4.73. The fourth-order valence-electron chi connectivity index (χ4n) is 2.26. The van der Waals surface area contributed by atoms with Crippen molar-refractivity contribution < 1.29 is 23.1 Å². The van der Waals surface area contributed by atoms with Gasteiger partial charge in [-0.15, -0.1) is 0 Å². The lowest BCUT2D eigenvalue weighted by Gasteiger charge is -2.30. The lowest BCUT2D eigenvalue weighted by molar-refractivity contribution is -0.137. The van der Waals surface area contributed by atoms with Gasteiger partial charge >= 0.3 is 6.18 Å². The van der Waals surface area contributed by atoms with Crippen LogP contribution in [0.2, 0.25) is 0 Å². The van der Waals surface area contributed by atoms with E-state index < -0.39 is 23.8 Å². The maximum Gasteiger partial charge on any atom is 0.416 e. The van der Waals surface area contributed by atoms with E-state index in [0.29, 0.717) is 25.9 Å². The first kappa shape index (κ1) is 15.6. The fourth-order valence-corrected chi connectivity index (χ4v) is 2.26. The van der Waals surface area contributed by atoms with Gasteiger partial charge < -0.3 is 15.4 Å². The molecule has 1 saturated heterocycles. The van der Waals surface area contributed by atoms with E-state index in [9.17, 15) is 23.1 Å². The summed E-state index contributed by atoms with van der Waals surface area (Å²) in [4.78, 5) is 13.8. The van der Waals surface area contributed by atoms with Crippen LogP contribution >= 0.6 is 0 Å². The summed E-state index contributed by atoms with van der Waals surface area (Å²) in [6.07, 6.45) is -4.17. The van der Waals surface area contributed by atoms with Crippen LogP contribution in [-0.2, 0) is 6.18 Å². The average Bonchev–Trinajstić information content (AvgIpc) is 2.45. The molecule has 1 amide bonds. The number of nitrogens with two attached hydrogens (primary N) is 1. The number of benzene rings is 1. The number of aliphatic hydroxyl groups excluding tert-OH is 1. The number of piperidine rings is 1. The van der Waals surface area contributed by atoms with Gasteiger partial charge in [-0.25, -0.2) is 0 Å². The number of halogens is 3. The number of nitrogens with zero attached hydrogens (tertiary/aromatic N) is 1. The minimum Gasteiger partial charge on any atom is -0.393 e. The predicted octanol–water partition coefficient (Wildman–Crippen LogP) is 1.59. The monoisotopic (exact) mass is 303 g/mol. The minimum atomic E-state index is -4.53. The summed E-state index contributed by atoms with van der Waals surface area (Å²) in [7, 11) is 0. The van der Waals surface area contributed by atoms with Crippen LogP contribution in [0.1, 0.15) is 28.8 Å². The van der Waals surface area contributed by atoms with Crippen molar-refractivity contribution in [2.45, 2.75) is 25.1 Å². The number of rotatable bonds is 2. The summed E-state index contributed by atoms with van der Waals surface area (Å²) in [6.45, 7) is 0.612. The van der Waals surface area contributed by atoms with Gasteiger partial charge in [0.25, 0.3) is 5.91 Å². The number of carbonyl (C=O) groups excluding carboxylic acids is 1. The zero-order valence-electron chi connectivity index (χ0n) is 11.2. The first-order valence-electron chi connectivity index (χ1n) is 6.48. The molecule has 1 aliphatic heterocycles. The summed E-state index contributed by atoms with van der Waals surface area (Å²) in [5.41, 5.74) is 1.35. The van der Waals surface area contributed by atoms with E-state index in [1.54, 1.807) is 0 Å². The third kappa shape index (κ3) is 3.45. The van der Waals surface area contributed by atoms with Crippen LogP contribution in [0.15, 0.2) is 18.2 Å². The SMILES string of the molecule is NNc1ccc(C(F)(F)F)cc1C(=O)N1CCC(O)CC1. The Morgan fingerprint density at radius 3 is 2.48 bits per heavy atom. The Hall–Kier alpha value is -1.80. The quantitative estimate of drug-likeness (QED) is 0.572. The number of aliphatic hydroxyl groups is 1. The molecule has 0 unspecified atom stereocenters. The van der Waals surface area contributed by atoms with Crippen LogP contribution in [0.4, 0.5) is 18.9 Å². The van der Waals surface area contributed by atoms with Gasteiger partial charge in [-0.05, 0) is 31.0 Å². The summed E-state index contributed by atoms with van der Waals surface area (Å²) >= 11 is 0. The molecule has 116 valence electrons. The fraction of sp³-hybridized carbons (Fsp3) is 0.462. The van der Waals surface area contributed by atoms with Crippen molar-refractivity contribution in [3.05, 3.63) is 29.3 Å². The van der Waals surface area contributed by atoms with E-state index in [2.05, 4.69) is 5.43 Å². The van der Waals surface area contributed by atoms with Gasteiger partial charge in [0.05, 0.1) is 22.9 Å². The van der Waals surface area contributed by atoms with E-state index in [0.717, 1.165) is 18.2 Å². The third-order valence-electron chi connectivity index (χ3n) is 3.48. The standard InChI is InChI=1S/C13H16F3N3O2/c14-13(15,16)8-1-2-11(18-17)10(7-8)12(21)19-5-3-9(20)4-6-19/h1-2,7,9,18,20H,3-6,17H2. The van der Waals surface area contributed by atoms with Crippen LogP contribution in [0.3, 0.4) is 0 Å². The van der Waals surface area contributed by atoms with E-state index in [1.807, 2.05) is 0 Å². The molecule has 0 atom stereocenters. The molecule has 1 aromatic rings. The van der Waals surface area contributed by atoms with Crippen molar-refractivity contribution in [2.75, 3.05) is 18.5 Å². The molecule has 0 bridgehead atoms. The topological polar surface area (TPSA) is 78.6 Å². The number of anilines is 1. The number of likely N-dealkylation sites (tertiary alicyclic amines) is 1. The number of nitrogen functional groups attached to an aromatic ring is 1. The normalized spacial score (nSPS) is 16.9. The average molecular weight is 303 g/mol. The zero-order chi connectivity index (χ0) is 15.6. The molecule has 2 rings (SSSR count). The Balaban J connectivity index is 2.30. The zero-order valence-corrected chi connectivity index (χ0v) is 11.2. The van der Waals surface area contributed by atoms with Gasteiger partial charge in [-0.1, -0.05) is 0 Å². The molecule has 1 fully saturated rings. The third-order valence-corrected chi connectivity index (χ3v) is 3.48. The maximum atomic E-state index is 12.8. The number of carbonyl (C=O) groups is 1. The molecule has 0 radical (unpaired) electrons. The highest BCUT2D eigenvalue weighted by Gasteiger charge is 2.32. The number of alkyl halides is 3. The molecule has 0 saturated carbocycles. The second-order valence-corrected chi connectivity index (χ2v) is 4.93. The van der Waals surface area contributed by atoms with Crippen molar-refractivity contribution in [1.29, 1.82) is 0 Å². The summed E-state index contributed by atoms with van der Waals surface area (Å²) in [5, 5.41) is 9.41. The van der Waals surface area contributed by atoms with Gasteiger partial charge in [0.1, 0.15) is 0 Å². The van der Waals surface area contributed by atoms with Crippen molar-refractivity contribution in [2.24, 2.45) is 5.84 Å². The second-order valence-electron chi connectivity index (χ2n) is 4.93. The van der Waals surface area contributed by atoms with Crippen molar-refractivity contribution in [3.63, 3.8) is 0 Å². The Morgan fingerprint density at radius 2 is 1.95 bits per heavy atom. The molecular weight excluding hydrogens is 287 g/mol. The van der Waals surface area contributed by atoms with Gasteiger partial charge in [-0.2, -0.15) is 13.2 Å². The van der Waals surface area contributed by atoms with E-state index in [1.165, 1.54) is 4.90 Å². The largest absolute Gasteiger partial charge is 0.416 e. The predicted molar refractivity (Wildman–Crippen MR) is 70.4 cm³/mol. The summed E-state index contributed by atoms with van der Waals surface area (Å²) < 4.78 is 38.3. The molecule has 0 aliphatic carbocycles. The molecule has 0 spiro atoms. The van der Waals surface area contributed by atoms with Crippen LogP contribution in [0, 0.1) is 0 Å². The molecule has 0 aromatic heterocycles. The number of amides is 1. The second kappa shape index (κ2) is 5.90. The lowest BCUT2D eigenvalue weighted by Crippen LogP contribution is -2.40. The van der Waals surface area contributed by atoms with Gasteiger partial charge in [0, 0.05) is 13.1 Å². The molecule has 1 aromatic carbocycles. The van der Waals surface area contributed by atoms with Gasteiger partial charge in [0.2, 0.25) is 0 Å². The Kier molecular flexibility index (Phi) is 4.38. The molecule has 1 heterocycles. The molecule has 8 heteroatoms. The van der Waals surface area contributed by atoms with Crippen LogP contribution < -0.4 is 11.3 Å². The molecule has 1 aliphatic rings. The first-order valence-corrected chi connectivity index (χ1v) is 6.48. The minimum absolute atomic E-state index is 0.122. The van der Waals surface area contributed by atoms with Crippen LogP contribution in [-0.4, -0.2) is 35.1 Å². The van der Waals surface area contributed by atoms with Gasteiger partial charge in [0.15, 0.2) is 0 Å². The highest BCUT2D eigenvalue weighted by atomic mass is 19.4. The highest BCUT2D eigenvalue weighted by molar-refractivity contribution is 5.99. The van der Waals surface area contributed by atoms with E-state index in [4.69, 9.17) is 5.84 Å². The van der Waals surface area contributed by atoms with E-state index >= 15 is 0 Å². The van der Waals surface area contributed by atoms with Gasteiger partial charge in [-0.3, -0.25) is 10.6 Å². The Bertz CT molecular complexity index is 526. The van der Waals surface area contributed by atoms with Crippen molar-refractivity contribution in [1.82, 2.24) is 4.90 Å². The summed E-state index contributed by atoms with van der Waals surface area (Å²) in [6, 6.07) is 2.79. The number of hydrogen-bond donors (Lipinski definition) is 3. The van der Waals surface area contributed by atoms with Crippen LogP contribution in [0.25, 0.3) is 0 Å². The van der Waals surface area contributed by atoms with Crippen molar-refractivity contribution in [3.8, 4) is 0 Å². The molecule has 4 N–H and O–H groups in total. The Labute approximate surface area is 119 Å². The number of nitrogens with one attached hydrogen (secondary N) is 1.